The molecule has 3 N–H and O–H groups in total. The molecule has 72 valence electrons. The Balaban J connectivity index is 2.24. The summed E-state index contributed by atoms with van der Waals surface area (Å²) in [4.78, 5) is 0. The van der Waals surface area contributed by atoms with Crippen LogP contribution in [-0.4, -0.2) is 24.8 Å². The molecule has 2 unspecified atom stereocenters. The van der Waals surface area contributed by atoms with E-state index >= 15 is 0 Å². The Hall–Kier alpha value is 0.230. The van der Waals surface area contributed by atoms with Gasteiger partial charge in [0, 0.05) is 19.3 Å². The molecule has 0 radical (unpaired) electrons. The minimum atomic E-state index is -0.206. The molecular formula is C8H18N2OS. The quantitative estimate of drug-likeness (QED) is 0.450. The van der Waals surface area contributed by atoms with Gasteiger partial charge < -0.3 is 10.5 Å². The number of hydrogen-bond donors (Lipinski definition) is 3. The van der Waals surface area contributed by atoms with E-state index in [9.17, 15) is 0 Å². The molecule has 3 nitrogen and oxygen atoms in total. The standard InChI is InChI=1S/C8H18N2OS/c1-6(10-8(9)12)7-2-4-11-5-3-7/h6-8,10,12H,2-5,9H2,1H3. The molecular weight excluding hydrogens is 172 g/mol. The molecule has 4 heteroatoms. The molecule has 1 aliphatic rings. The zero-order chi connectivity index (χ0) is 8.97. The summed E-state index contributed by atoms with van der Waals surface area (Å²) in [7, 11) is 0. The third-order valence-electron chi connectivity index (χ3n) is 2.41. The number of thiol groups is 1. The highest BCUT2D eigenvalue weighted by molar-refractivity contribution is 7.80. The van der Waals surface area contributed by atoms with E-state index in [1.807, 2.05) is 0 Å². The van der Waals surface area contributed by atoms with Crippen molar-refractivity contribution in [3.63, 3.8) is 0 Å². The third kappa shape index (κ3) is 3.31. The first kappa shape index (κ1) is 10.3. The number of nitrogens with two attached hydrogens (primary N) is 1. The van der Waals surface area contributed by atoms with Crippen LogP contribution in [0.3, 0.4) is 0 Å². The van der Waals surface area contributed by atoms with Crippen molar-refractivity contribution in [3.8, 4) is 0 Å². The Labute approximate surface area is 79.4 Å². The molecule has 0 amide bonds. The van der Waals surface area contributed by atoms with Crippen LogP contribution in [0.4, 0.5) is 0 Å². The van der Waals surface area contributed by atoms with Crippen molar-refractivity contribution >= 4 is 12.6 Å². The molecule has 1 fully saturated rings. The summed E-state index contributed by atoms with van der Waals surface area (Å²) < 4.78 is 5.28. The van der Waals surface area contributed by atoms with Crippen molar-refractivity contribution in [2.45, 2.75) is 31.3 Å². The van der Waals surface area contributed by atoms with E-state index in [1.54, 1.807) is 0 Å². The largest absolute Gasteiger partial charge is 0.381 e. The van der Waals surface area contributed by atoms with Crippen LogP contribution in [0.5, 0.6) is 0 Å². The zero-order valence-electron chi connectivity index (χ0n) is 7.49. The van der Waals surface area contributed by atoms with Crippen molar-refractivity contribution in [1.82, 2.24) is 5.32 Å². The Morgan fingerprint density at radius 3 is 2.58 bits per heavy atom. The lowest BCUT2D eigenvalue weighted by molar-refractivity contribution is 0.0557. The normalized spacial score (nSPS) is 25.2. The molecule has 2 atom stereocenters. The zero-order valence-corrected chi connectivity index (χ0v) is 8.39. The molecule has 1 heterocycles. The van der Waals surface area contributed by atoms with Gasteiger partial charge in [0.05, 0.1) is 0 Å². The van der Waals surface area contributed by atoms with Crippen LogP contribution in [0.15, 0.2) is 0 Å². The first-order valence-electron chi connectivity index (χ1n) is 4.47. The lowest BCUT2D eigenvalue weighted by atomic mass is 9.93. The summed E-state index contributed by atoms with van der Waals surface area (Å²) in [5.74, 6) is 0.692. The molecule has 0 aromatic heterocycles. The van der Waals surface area contributed by atoms with Gasteiger partial charge in [0.1, 0.15) is 5.50 Å². The fourth-order valence-electron chi connectivity index (χ4n) is 1.62. The molecule has 1 rings (SSSR count). The predicted octanol–water partition coefficient (Wildman–Crippen LogP) is 0.563. The second-order valence-corrected chi connectivity index (χ2v) is 3.91. The molecule has 0 bridgehead atoms. The van der Waals surface area contributed by atoms with Crippen LogP contribution in [0.2, 0.25) is 0 Å². The first-order chi connectivity index (χ1) is 5.70. The van der Waals surface area contributed by atoms with Crippen LogP contribution in [-0.2, 0) is 4.74 Å². The van der Waals surface area contributed by atoms with E-state index in [0.717, 1.165) is 26.1 Å². The molecule has 0 aromatic carbocycles. The maximum Gasteiger partial charge on any atom is 0.100 e. The lowest BCUT2D eigenvalue weighted by Crippen LogP contribution is -2.44. The van der Waals surface area contributed by atoms with Gasteiger partial charge in [0.15, 0.2) is 0 Å². The van der Waals surface area contributed by atoms with Crippen molar-refractivity contribution in [3.05, 3.63) is 0 Å². The van der Waals surface area contributed by atoms with Gasteiger partial charge >= 0.3 is 0 Å². The molecule has 0 aliphatic carbocycles. The van der Waals surface area contributed by atoms with Gasteiger partial charge in [-0.1, -0.05) is 0 Å². The van der Waals surface area contributed by atoms with Gasteiger partial charge in [0.25, 0.3) is 0 Å². The Bertz CT molecular complexity index is 126. The van der Waals surface area contributed by atoms with Crippen molar-refractivity contribution in [2.24, 2.45) is 11.7 Å². The molecule has 12 heavy (non-hydrogen) atoms. The van der Waals surface area contributed by atoms with Crippen molar-refractivity contribution in [1.29, 1.82) is 0 Å². The predicted molar refractivity (Wildman–Crippen MR) is 53.1 cm³/mol. The summed E-state index contributed by atoms with van der Waals surface area (Å²) in [5, 5.41) is 3.20. The van der Waals surface area contributed by atoms with E-state index in [4.69, 9.17) is 10.5 Å². The monoisotopic (exact) mass is 190 g/mol. The molecule has 1 aliphatic heterocycles. The van der Waals surface area contributed by atoms with E-state index in [-0.39, 0.29) is 5.50 Å². The van der Waals surface area contributed by atoms with Gasteiger partial charge in [-0.2, -0.15) is 0 Å². The molecule has 0 spiro atoms. The molecule has 0 saturated carbocycles. The Morgan fingerprint density at radius 1 is 1.50 bits per heavy atom. The summed E-state index contributed by atoms with van der Waals surface area (Å²) in [6, 6.07) is 0.446. The van der Waals surface area contributed by atoms with Crippen LogP contribution >= 0.6 is 12.6 Å². The third-order valence-corrected chi connectivity index (χ3v) is 2.56. The Kier molecular flexibility index (Phi) is 4.35. The maximum absolute atomic E-state index is 5.52. The van der Waals surface area contributed by atoms with Crippen LogP contribution in [0.1, 0.15) is 19.8 Å². The number of ether oxygens (including phenoxy) is 1. The van der Waals surface area contributed by atoms with Crippen LogP contribution in [0, 0.1) is 5.92 Å². The summed E-state index contributed by atoms with van der Waals surface area (Å²) >= 11 is 4.09. The smallest absolute Gasteiger partial charge is 0.100 e. The van der Waals surface area contributed by atoms with Crippen molar-refractivity contribution in [2.75, 3.05) is 13.2 Å². The average molecular weight is 190 g/mol. The van der Waals surface area contributed by atoms with Gasteiger partial charge in [-0.05, 0) is 25.7 Å². The summed E-state index contributed by atoms with van der Waals surface area (Å²) in [6.07, 6.45) is 2.27. The van der Waals surface area contributed by atoms with Crippen LogP contribution < -0.4 is 11.1 Å². The SMILES string of the molecule is CC(NC(N)S)C1CCOCC1. The summed E-state index contributed by atoms with van der Waals surface area (Å²) in [6.45, 7) is 3.93. The number of nitrogens with one attached hydrogen (secondary N) is 1. The van der Waals surface area contributed by atoms with E-state index in [2.05, 4.69) is 24.9 Å². The summed E-state index contributed by atoms with van der Waals surface area (Å²) in [5.41, 5.74) is 5.32. The highest BCUT2D eigenvalue weighted by Crippen LogP contribution is 2.18. The fraction of sp³-hybridized carbons (Fsp3) is 1.00. The van der Waals surface area contributed by atoms with Gasteiger partial charge in [-0.15, -0.1) is 12.6 Å². The maximum atomic E-state index is 5.52. The first-order valence-corrected chi connectivity index (χ1v) is 4.99. The fourth-order valence-corrected chi connectivity index (χ4v) is 1.86. The topological polar surface area (TPSA) is 47.3 Å². The number of hydrogen-bond acceptors (Lipinski definition) is 4. The molecule has 0 aromatic rings. The number of rotatable bonds is 3. The molecule has 1 saturated heterocycles. The Morgan fingerprint density at radius 2 is 2.08 bits per heavy atom. The second kappa shape index (κ2) is 5.07. The van der Waals surface area contributed by atoms with E-state index in [1.165, 1.54) is 0 Å². The lowest BCUT2D eigenvalue weighted by Gasteiger charge is -2.29. The van der Waals surface area contributed by atoms with Gasteiger partial charge in [-0.3, -0.25) is 5.32 Å². The minimum absolute atomic E-state index is 0.206. The van der Waals surface area contributed by atoms with E-state index < -0.39 is 0 Å². The van der Waals surface area contributed by atoms with Crippen molar-refractivity contribution < 1.29 is 4.74 Å². The average Bonchev–Trinajstić information content (AvgIpc) is 2.05. The minimum Gasteiger partial charge on any atom is -0.381 e. The van der Waals surface area contributed by atoms with Crippen LogP contribution in [0.25, 0.3) is 0 Å². The highest BCUT2D eigenvalue weighted by atomic mass is 32.1. The highest BCUT2D eigenvalue weighted by Gasteiger charge is 2.20. The van der Waals surface area contributed by atoms with E-state index in [0.29, 0.717) is 12.0 Å². The van der Waals surface area contributed by atoms with Gasteiger partial charge in [-0.25, -0.2) is 0 Å². The second-order valence-electron chi connectivity index (χ2n) is 3.35. The van der Waals surface area contributed by atoms with Gasteiger partial charge in [0.2, 0.25) is 0 Å².